The van der Waals surface area contributed by atoms with E-state index in [1.165, 1.54) is 64.7 Å². The van der Waals surface area contributed by atoms with Crippen LogP contribution in [-0.4, -0.2) is 66.6 Å². The van der Waals surface area contributed by atoms with Crippen LogP contribution in [0.15, 0.2) is 24.3 Å². The molecule has 164 valence electrons. The molecule has 30 heavy (non-hydrogen) atoms. The molecule has 5 heteroatoms. The molecule has 5 nitrogen and oxygen atoms in total. The number of piperidine rings is 2. The van der Waals surface area contributed by atoms with Gasteiger partial charge in [-0.2, -0.15) is 0 Å². The van der Waals surface area contributed by atoms with E-state index in [4.69, 9.17) is 4.74 Å². The van der Waals surface area contributed by atoms with Crippen LogP contribution in [0.4, 0.5) is 5.69 Å². The number of hydrogen-bond donors (Lipinski definition) is 0. The first-order chi connectivity index (χ1) is 14.8. The van der Waals surface area contributed by atoms with Gasteiger partial charge in [0, 0.05) is 43.6 Å². The van der Waals surface area contributed by atoms with Crippen LogP contribution >= 0.6 is 0 Å². The highest BCUT2D eigenvalue weighted by atomic mass is 16.5. The zero-order chi connectivity index (χ0) is 20.3. The second-order valence-corrected chi connectivity index (χ2v) is 9.78. The molecule has 1 atom stereocenters. The molecule has 1 amide bonds. The highest BCUT2D eigenvalue weighted by molar-refractivity contribution is 5.96. The number of carbonyl (C=O) groups excluding carboxylic acids is 1. The summed E-state index contributed by atoms with van der Waals surface area (Å²) in [6.07, 6.45) is 12.3. The molecule has 0 aromatic heterocycles. The number of carbonyl (C=O) groups is 1. The molecule has 0 bridgehead atoms. The van der Waals surface area contributed by atoms with Crippen molar-refractivity contribution in [3.63, 3.8) is 0 Å². The lowest BCUT2D eigenvalue weighted by Crippen LogP contribution is -2.50. The molecular formula is C25H37N3O2. The Labute approximate surface area is 181 Å². The second kappa shape index (κ2) is 9.27. The Morgan fingerprint density at radius 2 is 1.67 bits per heavy atom. The fourth-order valence-corrected chi connectivity index (χ4v) is 5.83. The first-order valence-electron chi connectivity index (χ1n) is 12.3. The van der Waals surface area contributed by atoms with Gasteiger partial charge in [0.15, 0.2) is 0 Å². The number of nitrogens with zero attached hydrogens (tertiary/aromatic N) is 3. The van der Waals surface area contributed by atoms with Gasteiger partial charge in [0.2, 0.25) is 5.91 Å². The van der Waals surface area contributed by atoms with E-state index in [2.05, 4.69) is 39.0 Å². The molecule has 1 saturated carbocycles. The monoisotopic (exact) mass is 411 g/mol. The van der Waals surface area contributed by atoms with E-state index in [9.17, 15) is 4.79 Å². The van der Waals surface area contributed by atoms with E-state index in [1.54, 1.807) is 0 Å². The van der Waals surface area contributed by atoms with Crippen molar-refractivity contribution < 1.29 is 9.53 Å². The Morgan fingerprint density at radius 1 is 0.933 bits per heavy atom. The van der Waals surface area contributed by atoms with E-state index < -0.39 is 0 Å². The van der Waals surface area contributed by atoms with Gasteiger partial charge in [-0.05, 0) is 70.4 Å². The summed E-state index contributed by atoms with van der Waals surface area (Å²) in [5.74, 6) is 1.19. The number of hydrogen-bond acceptors (Lipinski definition) is 4. The molecule has 3 saturated heterocycles. The number of anilines is 1. The maximum absolute atomic E-state index is 12.7. The molecule has 1 aromatic carbocycles. The number of rotatable bonds is 6. The van der Waals surface area contributed by atoms with Gasteiger partial charge in [-0.1, -0.05) is 18.9 Å². The highest BCUT2D eigenvalue weighted by Crippen LogP contribution is 2.34. The Morgan fingerprint density at radius 3 is 2.43 bits per heavy atom. The van der Waals surface area contributed by atoms with E-state index in [-0.39, 0.29) is 5.91 Å². The summed E-state index contributed by atoms with van der Waals surface area (Å²) in [7, 11) is 0. The number of ether oxygens (including phenoxy) is 1. The normalized spacial score (nSPS) is 31.0. The first kappa shape index (κ1) is 20.3. The summed E-state index contributed by atoms with van der Waals surface area (Å²) in [4.78, 5) is 20.0. The van der Waals surface area contributed by atoms with E-state index in [0.29, 0.717) is 24.6 Å². The van der Waals surface area contributed by atoms with Crippen LogP contribution in [0.1, 0.15) is 64.2 Å². The Balaban J connectivity index is 1.19. The lowest BCUT2D eigenvalue weighted by Gasteiger charge is -2.44. The summed E-state index contributed by atoms with van der Waals surface area (Å²) in [5.41, 5.74) is 1.02. The molecular weight excluding hydrogens is 374 g/mol. The second-order valence-electron chi connectivity index (χ2n) is 9.78. The number of amides is 1. The predicted octanol–water partition coefficient (Wildman–Crippen LogP) is 4.06. The van der Waals surface area contributed by atoms with Gasteiger partial charge in [-0.3, -0.25) is 4.79 Å². The van der Waals surface area contributed by atoms with Crippen molar-refractivity contribution in [3.8, 4) is 5.75 Å². The van der Waals surface area contributed by atoms with E-state index >= 15 is 0 Å². The Hall–Kier alpha value is -1.59. The maximum atomic E-state index is 12.7. The van der Waals surface area contributed by atoms with Crippen LogP contribution in [0.2, 0.25) is 0 Å². The van der Waals surface area contributed by atoms with Crippen molar-refractivity contribution in [1.29, 1.82) is 0 Å². The molecule has 5 rings (SSSR count). The smallest absolute Gasteiger partial charge is 0.227 e. The molecule has 3 aliphatic heterocycles. The van der Waals surface area contributed by atoms with Gasteiger partial charge in [0.25, 0.3) is 0 Å². The lowest BCUT2D eigenvalue weighted by molar-refractivity contribution is -0.117. The third-order valence-corrected chi connectivity index (χ3v) is 7.62. The molecule has 0 unspecified atom stereocenters. The van der Waals surface area contributed by atoms with Crippen LogP contribution < -0.4 is 9.64 Å². The van der Waals surface area contributed by atoms with Crippen molar-refractivity contribution in [2.45, 2.75) is 82.4 Å². The molecule has 3 heterocycles. The Bertz CT molecular complexity index is 721. The fraction of sp³-hybridized carbons (Fsp3) is 0.720. The summed E-state index contributed by atoms with van der Waals surface area (Å²) in [6.45, 7) is 5.91. The molecule has 1 aliphatic carbocycles. The van der Waals surface area contributed by atoms with Crippen LogP contribution in [0.25, 0.3) is 0 Å². The lowest BCUT2D eigenvalue weighted by atomic mass is 9.86. The van der Waals surface area contributed by atoms with Crippen molar-refractivity contribution in [2.75, 3.05) is 37.6 Å². The average Bonchev–Trinajstić information content (AvgIpc) is 3.12. The molecule has 1 aromatic rings. The van der Waals surface area contributed by atoms with Crippen molar-refractivity contribution in [3.05, 3.63) is 24.3 Å². The van der Waals surface area contributed by atoms with Crippen molar-refractivity contribution >= 4 is 11.6 Å². The minimum atomic E-state index is 0.267. The highest BCUT2D eigenvalue weighted by Gasteiger charge is 2.36. The molecule has 0 radical (unpaired) electrons. The van der Waals surface area contributed by atoms with Gasteiger partial charge < -0.3 is 19.4 Å². The molecule has 4 fully saturated rings. The number of benzene rings is 1. The zero-order valence-electron chi connectivity index (χ0n) is 18.3. The van der Waals surface area contributed by atoms with Crippen molar-refractivity contribution in [2.24, 2.45) is 0 Å². The summed E-state index contributed by atoms with van der Waals surface area (Å²) in [6, 6.07) is 9.30. The molecule has 4 aliphatic rings. The summed E-state index contributed by atoms with van der Waals surface area (Å²) in [5, 5.41) is 0. The van der Waals surface area contributed by atoms with Gasteiger partial charge in [-0.25, -0.2) is 0 Å². The molecule has 0 N–H and O–H groups in total. The Kier molecular flexibility index (Phi) is 6.28. The third kappa shape index (κ3) is 4.52. The summed E-state index contributed by atoms with van der Waals surface area (Å²) >= 11 is 0. The largest absolute Gasteiger partial charge is 0.490 e. The van der Waals surface area contributed by atoms with Gasteiger partial charge >= 0.3 is 0 Å². The standard InChI is InChI=1S/C25H37N3O2/c29-25-11-10-21(19-26-12-3-1-4-13-26)28(25)20-8-7-9-23(16-20)30-24-17-22(18-24)27-14-5-2-6-15-27/h7-9,16,21-22,24H,1-6,10-15,17-19H2/t21-,22-,24-/m0/s1. The minimum Gasteiger partial charge on any atom is -0.490 e. The zero-order valence-corrected chi connectivity index (χ0v) is 18.3. The van der Waals surface area contributed by atoms with Gasteiger partial charge in [0.05, 0.1) is 6.04 Å². The van der Waals surface area contributed by atoms with Crippen molar-refractivity contribution in [1.82, 2.24) is 9.80 Å². The van der Waals surface area contributed by atoms with Gasteiger partial charge in [-0.15, -0.1) is 0 Å². The summed E-state index contributed by atoms with van der Waals surface area (Å²) < 4.78 is 6.32. The topological polar surface area (TPSA) is 36.0 Å². The van der Waals surface area contributed by atoms with Crippen LogP contribution in [0.3, 0.4) is 0 Å². The fourth-order valence-electron chi connectivity index (χ4n) is 5.83. The first-order valence-corrected chi connectivity index (χ1v) is 12.3. The minimum absolute atomic E-state index is 0.267. The maximum Gasteiger partial charge on any atom is 0.227 e. The number of likely N-dealkylation sites (tertiary alicyclic amines) is 2. The van der Waals surface area contributed by atoms with Crippen LogP contribution in [-0.2, 0) is 4.79 Å². The molecule has 0 spiro atoms. The average molecular weight is 412 g/mol. The van der Waals surface area contributed by atoms with Crippen LogP contribution in [0, 0.1) is 0 Å². The van der Waals surface area contributed by atoms with Crippen LogP contribution in [0.5, 0.6) is 5.75 Å². The predicted molar refractivity (Wildman–Crippen MR) is 120 cm³/mol. The third-order valence-electron chi connectivity index (χ3n) is 7.62. The quantitative estimate of drug-likeness (QED) is 0.707. The SMILES string of the molecule is O=C1CC[C@@H](CN2CCCCC2)N1c1cccc(O[C@H]2C[C@H](N3CCCCC3)C2)c1. The van der Waals surface area contributed by atoms with E-state index in [0.717, 1.165) is 37.2 Å². The van der Waals surface area contributed by atoms with Gasteiger partial charge in [0.1, 0.15) is 11.9 Å². The van der Waals surface area contributed by atoms with E-state index in [1.807, 2.05) is 0 Å².